The molecule has 0 spiro atoms. The molecular weight excluding hydrogens is 360 g/mol. The fourth-order valence-corrected chi connectivity index (χ4v) is 2.06. The Hall–Kier alpha value is -1.33. The Morgan fingerprint density at radius 2 is 1.61 bits per heavy atom. The van der Waals surface area contributed by atoms with Crippen molar-refractivity contribution >= 4 is 37.7 Å². The van der Waals surface area contributed by atoms with E-state index in [1.165, 1.54) is 0 Å². The van der Waals surface area contributed by atoms with Gasteiger partial charge >= 0.3 is 0 Å². The molecule has 0 aromatic heterocycles. The molecule has 0 fully saturated rings. The van der Waals surface area contributed by atoms with Crippen molar-refractivity contribution < 1.29 is 4.74 Å². The molecule has 0 aliphatic carbocycles. The summed E-state index contributed by atoms with van der Waals surface area (Å²) < 4.78 is 7.56. The molecule has 0 aliphatic rings. The number of nitrogens with two attached hydrogens (primary N) is 1. The minimum atomic E-state index is -0.0246. The Labute approximate surface area is 122 Å². The minimum Gasteiger partial charge on any atom is -0.457 e. The summed E-state index contributed by atoms with van der Waals surface area (Å²) in [7, 11) is 0. The van der Waals surface area contributed by atoms with E-state index in [2.05, 4.69) is 31.9 Å². The van der Waals surface area contributed by atoms with Crippen LogP contribution in [-0.2, 0) is 0 Å². The van der Waals surface area contributed by atoms with Crippen LogP contribution < -0.4 is 10.5 Å². The minimum absolute atomic E-state index is 0.0246. The van der Waals surface area contributed by atoms with Gasteiger partial charge in [0, 0.05) is 8.95 Å². The molecule has 5 heteroatoms. The fraction of sp³-hybridized carbons (Fsp3) is 0. The van der Waals surface area contributed by atoms with Gasteiger partial charge in [-0.05, 0) is 42.5 Å². The van der Waals surface area contributed by atoms with Crippen LogP contribution in [0, 0.1) is 5.41 Å². The summed E-state index contributed by atoms with van der Waals surface area (Å²) in [5.41, 5.74) is 6.10. The fourth-order valence-electron chi connectivity index (χ4n) is 1.43. The molecule has 92 valence electrons. The predicted molar refractivity (Wildman–Crippen MR) is 79.4 cm³/mol. The topological polar surface area (TPSA) is 59.1 Å². The van der Waals surface area contributed by atoms with E-state index in [0.717, 1.165) is 8.95 Å². The summed E-state index contributed by atoms with van der Waals surface area (Å²) in [5.74, 6) is 1.24. The van der Waals surface area contributed by atoms with E-state index >= 15 is 0 Å². The van der Waals surface area contributed by atoms with Crippen molar-refractivity contribution in [2.75, 3.05) is 0 Å². The van der Waals surface area contributed by atoms with Crippen molar-refractivity contribution in [2.24, 2.45) is 5.73 Å². The van der Waals surface area contributed by atoms with Crippen molar-refractivity contribution in [1.82, 2.24) is 0 Å². The van der Waals surface area contributed by atoms with E-state index in [1.807, 2.05) is 30.3 Å². The van der Waals surface area contributed by atoms with Gasteiger partial charge in [0.1, 0.15) is 17.3 Å². The average Bonchev–Trinajstić information content (AvgIpc) is 2.34. The molecule has 0 amide bonds. The number of hydrogen-bond donors (Lipinski definition) is 2. The Morgan fingerprint density at radius 3 is 2.22 bits per heavy atom. The molecule has 3 N–H and O–H groups in total. The number of hydrogen-bond acceptors (Lipinski definition) is 2. The number of nitrogen functional groups attached to an aromatic ring is 1. The lowest BCUT2D eigenvalue weighted by atomic mass is 10.2. The SMILES string of the molecule is N=C(N)c1cc(Br)ccc1Oc1ccc(Br)cc1. The third-order valence-corrected chi connectivity index (χ3v) is 3.30. The van der Waals surface area contributed by atoms with Gasteiger partial charge in [-0.25, -0.2) is 0 Å². The first kappa shape index (κ1) is 13.1. The van der Waals surface area contributed by atoms with Gasteiger partial charge in [-0.2, -0.15) is 0 Å². The summed E-state index contributed by atoms with van der Waals surface area (Å²) in [6.45, 7) is 0. The van der Waals surface area contributed by atoms with Crippen molar-refractivity contribution in [1.29, 1.82) is 5.41 Å². The first-order chi connectivity index (χ1) is 8.56. The maximum Gasteiger partial charge on any atom is 0.138 e. The van der Waals surface area contributed by atoms with Gasteiger partial charge in [0.05, 0.1) is 5.56 Å². The second-order valence-corrected chi connectivity index (χ2v) is 5.44. The lowest BCUT2D eigenvalue weighted by Crippen LogP contribution is -2.12. The molecule has 18 heavy (non-hydrogen) atoms. The first-order valence-corrected chi connectivity index (χ1v) is 6.72. The average molecular weight is 370 g/mol. The van der Waals surface area contributed by atoms with Gasteiger partial charge in [-0.15, -0.1) is 0 Å². The van der Waals surface area contributed by atoms with E-state index in [1.54, 1.807) is 12.1 Å². The number of halogens is 2. The molecule has 3 nitrogen and oxygen atoms in total. The molecule has 0 atom stereocenters. The van der Waals surface area contributed by atoms with Crippen LogP contribution in [0.4, 0.5) is 0 Å². The molecule has 2 rings (SSSR count). The zero-order chi connectivity index (χ0) is 13.1. The van der Waals surface area contributed by atoms with Gasteiger partial charge in [0.25, 0.3) is 0 Å². The number of ether oxygens (including phenoxy) is 1. The van der Waals surface area contributed by atoms with Gasteiger partial charge in [0.15, 0.2) is 0 Å². The summed E-state index contributed by atoms with van der Waals surface area (Å²) in [5, 5.41) is 7.54. The molecule has 0 radical (unpaired) electrons. The van der Waals surface area contributed by atoms with Crippen LogP contribution in [-0.4, -0.2) is 5.84 Å². The normalized spacial score (nSPS) is 10.1. The quantitative estimate of drug-likeness (QED) is 0.626. The number of nitrogens with one attached hydrogen (secondary N) is 1. The summed E-state index contributed by atoms with van der Waals surface area (Å²) in [6, 6.07) is 12.9. The molecule has 0 saturated heterocycles. The number of amidine groups is 1. The van der Waals surface area contributed by atoms with Crippen molar-refractivity contribution in [3.05, 3.63) is 57.0 Å². The standard InChI is InChI=1S/C13H10Br2N2O/c14-8-1-4-10(5-2-8)18-12-6-3-9(15)7-11(12)13(16)17/h1-7H,(H3,16,17). The van der Waals surface area contributed by atoms with Crippen molar-refractivity contribution in [2.45, 2.75) is 0 Å². The van der Waals surface area contributed by atoms with Crippen molar-refractivity contribution in [3.8, 4) is 11.5 Å². The van der Waals surface area contributed by atoms with E-state index in [-0.39, 0.29) is 5.84 Å². The highest BCUT2D eigenvalue weighted by Crippen LogP contribution is 2.28. The highest BCUT2D eigenvalue weighted by Gasteiger charge is 2.08. The zero-order valence-corrected chi connectivity index (χ0v) is 12.5. The smallest absolute Gasteiger partial charge is 0.138 e. The van der Waals surface area contributed by atoms with E-state index in [4.69, 9.17) is 15.9 Å². The van der Waals surface area contributed by atoms with Gasteiger partial charge in [0.2, 0.25) is 0 Å². The van der Waals surface area contributed by atoms with Crippen LogP contribution in [0.3, 0.4) is 0 Å². The molecule has 0 unspecified atom stereocenters. The molecule has 0 heterocycles. The van der Waals surface area contributed by atoms with Crippen molar-refractivity contribution in [3.63, 3.8) is 0 Å². The van der Waals surface area contributed by atoms with Gasteiger partial charge in [-0.3, -0.25) is 5.41 Å². The molecule has 0 bridgehead atoms. The molecule has 2 aromatic carbocycles. The summed E-state index contributed by atoms with van der Waals surface area (Å²) in [6.07, 6.45) is 0. The van der Waals surface area contributed by atoms with Gasteiger partial charge in [-0.1, -0.05) is 31.9 Å². The zero-order valence-electron chi connectivity index (χ0n) is 9.28. The van der Waals surface area contributed by atoms with Gasteiger partial charge < -0.3 is 10.5 Å². The molecule has 0 saturated carbocycles. The van der Waals surface area contributed by atoms with E-state index in [9.17, 15) is 0 Å². The van der Waals surface area contributed by atoms with Crippen LogP contribution in [0.5, 0.6) is 11.5 Å². The highest BCUT2D eigenvalue weighted by molar-refractivity contribution is 9.10. The maximum absolute atomic E-state index is 7.54. The number of benzene rings is 2. The Kier molecular flexibility index (Phi) is 4.04. The van der Waals surface area contributed by atoms with Crippen LogP contribution in [0.15, 0.2) is 51.4 Å². The molecule has 0 aliphatic heterocycles. The number of rotatable bonds is 3. The largest absolute Gasteiger partial charge is 0.457 e. The Balaban J connectivity index is 2.34. The monoisotopic (exact) mass is 368 g/mol. The van der Waals surface area contributed by atoms with Crippen LogP contribution >= 0.6 is 31.9 Å². The first-order valence-electron chi connectivity index (χ1n) is 5.13. The third kappa shape index (κ3) is 3.11. The van der Waals surface area contributed by atoms with Crippen LogP contribution in [0.1, 0.15) is 5.56 Å². The van der Waals surface area contributed by atoms with Crippen LogP contribution in [0.25, 0.3) is 0 Å². The Bertz CT molecular complexity index is 582. The lowest BCUT2D eigenvalue weighted by Gasteiger charge is -2.10. The lowest BCUT2D eigenvalue weighted by molar-refractivity contribution is 0.481. The molecular formula is C13H10Br2N2O. The second kappa shape index (κ2) is 5.54. The van der Waals surface area contributed by atoms with Crippen LogP contribution in [0.2, 0.25) is 0 Å². The molecule has 2 aromatic rings. The van der Waals surface area contributed by atoms with E-state index < -0.39 is 0 Å². The Morgan fingerprint density at radius 1 is 1.00 bits per heavy atom. The predicted octanol–water partition coefficient (Wildman–Crippen LogP) is 4.29. The second-order valence-electron chi connectivity index (χ2n) is 3.61. The van der Waals surface area contributed by atoms with E-state index in [0.29, 0.717) is 17.1 Å². The third-order valence-electron chi connectivity index (χ3n) is 2.27. The summed E-state index contributed by atoms with van der Waals surface area (Å²) >= 11 is 6.71. The summed E-state index contributed by atoms with van der Waals surface area (Å²) in [4.78, 5) is 0. The maximum atomic E-state index is 7.54. The highest BCUT2D eigenvalue weighted by atomic mass is 79.9.